The zero-order chi connectivity index (χ0) is 11.4. The lowest BCUT2D eigenvalue weighted by Gasteiger charge is -2.26. The van der Waals surface area contributed by atoms with Crippen LogP contribution in [0.1, 0.15) is 52.4 Å². The third-order valence-corrected chi connectivity index (χ3v) is 3.53. The largest absolute Gasteiger partial charge is 0.347 e. The number of ether oxygens (including phenoxy) is 2. The Morgan fingerprint density at radius 2 is 1.88 bits per heavy atom. The van der Waals surface area contributed by atoms with Crippen LogP contribution in [0, 0.1) is 0 Å². The van der Waals surface area contributed by atoms with Gasteiger partial charge in [-0.2, -0.15) is 0 Å². The Hall–Kier alpha value is -0.120. The Labute approximate surface area is 98.9 Å². The van der Waals surface area contributed by atoms with Crippen LogP contribution in [-0.4, -0.2) is 31.1 Å². The molecule has 0 radical (unpaired) electrons. The summed E-state index contributed by atoms with van der Waals surface area (Å²) in [5.74, 6) is -0.222. The van der Waals surface area contributed by atoms with Gasteiger partial charge in [0.1, 0.15) is 0 Å². The van der Waals surface area contributed by atoms with Crippen molar-refractivity contribution < 1.29 is 9.47 Å². The number of hydrogen-bond acceptors (Lipinski definition) is 3. The molecule has 16 heavy (non-hydrogen) atoms. The van der Waals surface area contributed by atoms with E-state index in [1.165, 1.54) is 25.7 Å². The molecule has 0 aromatic rings. The highest BCUT2D eigenvalue weighted by atomic mass is 16.7. The molecular formula is C13H25NO2. The van der Waals surface area contributed by atoms with Crippen LogP contribution >= 0.6 is 0 Å². The fourth-order valence-corrected chi connectivity index (χ4v) is 2.61. The van der Waals surface area contributed by atoms with Gasteiger partial charge in [0.05, 0.1) is 12.7 Å². The van der Waals surface area contributed by atoms with E-state index in [4.69, 9.17) is 9.47 Å². The highest BCUT2D eigenvalue weighted by molar-refractivity contribution is 4.82. The molecule has 0 amide bonds. The average molecular weight is 227 g/mol. The molecule has 2 fully saturated rings. The minimum absolute atomic E-state index is 0.222. The summed E-state index contributed by atoms with van der Waals surface area (Å²) in [6.45, 7) is 6.01. The summed E-state index contributed by atoms with van der Waals surface area (Å²) >= 11 is 0. The van der Waals surface area contributed by atoms with Crippen molar-refractivity contribution in [3.63, 3.8) is 0 Å². The van der Waals surface area contributed by atoms with Gasteiger partial charge < -0.3 is 14.8 Å². The van der Waals surface area contributed by atoms with E-state index in [1.807, 2.05) is 0 Å². The summed E-state index contributed by atoms with van der Waals surface area (Å²) < 4.78 is 12.1. The first-order chi connectivity index (χ1) is 7.70. The van der Waals surface area contributed by atoms with Crippen LogP contribution in [0.25, 0.3) is 0 Å². The maximum Gasteiger partial charge on any atom is 0.168 e. The van der Waals surface area contributed by atoms with Gasteiger partial charge in [-0.05, 0) is 12.8 Å². The van der Waals surface area contributed by atoms with Crippen molar-refractivity contribution in [2.24, 2.45) is 0 Å². The Morgan fingerprint density at radius 1 is 1.19 bits per heavy atom. The van der Waals surface area contributed by atoms with Gasteiger partial charge in [0, 0.05) is 25.4 Å². The zero-order valence-corrected chi connectivity index (χ0v) is 10.6. The summed E-state index contributed by atoms with van der Waals surface area (Å²) in [4.78, 5) is 0. The molecular weight excluding hydrogens is 202 g/mol. The van der Waals surface area contributed by atoms with Gasteiger partial charge in [-0.3, -0.25) is 0 Å². The molecule has 1 N–H and O–H groups in total. The molecule has 1 saturated carbocycles. The molecule has 1 aliphatic carbocycles. The Bertz CT molecular complexity index is 210. The van der Waals surface area contributed by atoms with Crippen LogP contribution in [0.5, 0.6) is 0 Å². The summed E-state index contributed by atoms with van der Waals surface area (Å²) in [7, 11) is 0. The van der Waals surface area contributed by atoms with Crippen molar-refractivity contribution in [1.29, 1.82) is 0 Å². The van der Waals surface area contributed by atoms with Crippen molar-refractivity contribution in [2.45, 2.75) is 70.3 Å². The molecule has 0 bridgehead atoms. The van der Waals surface area contributed by atoms with E-state index >= 15 is 0 Å². The van der Waals surface area contributed by atoms with Gasteiger partial charge in [-0.25, -0.2) is 0 Å². The van der Waals surface area contributed by atoms with Crippen LogP contribution in [-0.2, 0) is 9.47 Å². The lowest BCUT2D eigenvalue weighted by molar-refractivity contribution is -0.175. The third kappa shape index (κ3) is 3.19. The number of hydrogen-bond donors (Lipinski definition) is 1. The molecule has 94 valence electrons. The second kappa shape index (κ2) is 5.48. The molecule has 1 spiro atoms. The van der Waals surface area contributed by atoms with Crippen molar-refractivity contribution in [3.8, 4) is 0 Å². The van der Waals surface area contributed by atoms with Gasteiger partial charge in [-0.15, -0.1) is 0 Å². The van der Waals surface area contributed by atoms with E-state index in [1.54, 1.807) is 0 Å². The molecule has 0 aromatic heterocycles. The van der Waals surface area contributed by atoms with Crippen LogP contribution in [0.2, 0.25) is 0 Å². The van der Waals surface area contributed by atoms with E-state index < -0.39 is 0 Å². The Morgan fingerprint density at radius 3 is 2.50 bits per heavy atom. The monoisotopic (exact) mass is 227 g/mol. The highest BCUT2D eigenvalue weighted by Crippen LogP contribution is 2.36. The molecule has 3 nitrogen and oxygen atoms in total. The fourth-order valence-electron chi connectivity index (χ4n) is 2.61. The minimum Gasteiger partial charge on any atom is -0.347 e. The van der Waals surface area contributed by atoms with Crippen LogP contribution in [0.3, 0.4) is 0 Å². The maximum atomic E-state index is 6.14. The van der Waals surface area contributed by atoms with E-state index in [-0.39, 0.29) is 11.9 Å². The fraction of sp³-hybridized carbons (Fsp3) is 1.00. The lowest BCUT2D eigenvalue weighted by Crippen LogP contribution is -2.35. The SMILES string of the molecule is CC(C)NC[C@H]1COC2(CCCCCC2)O1. The molecule has 0 unspecified atom stereocenters. The quantitative estimate of drug-likeness (QED) is 0.803. The number of rotatable bonds is 3. The Balaban J connectivity index is 1.80. The van der Waals surface area contributed by atoms with Crippen LogP contribution in [0.4, 0.5) is 0 Å². The Kier molecular flexibility index (Phi) is 4.22. The van der Waals surface area contributed by atoms with Gasteiger partial charge >= 0.3 is 0 Å². The van der Waals surface area contributed by atoms with Crippen molar-refractivity contribution >= 4 is 0 Å². The van der Waals surface area contributed by atoms with Gasteiger partial charge in [0.25, 0.3) is 0 Å². The molecule has 2 aliphatic rings. The number of nitrogens with one attached hydrogen (secondary N) is 1. The van der Waals surface area contributed by atoms with E-state index in [2.05, 4.69) is 19.2 Å². The zero-order valence-electron chi connectivity index (χ0n) is 10.6. The predicted molar refractivity (Wildman–Crippen MR) is 64.4 cm³/mol. The lowest BCUT2D eigenvalue weighted by atomic mass is 10.1. The van der Waals surface area contributed by atoms with Crippen LogP contribution in [0.15, 0.2) is 0 Å². The minimum atomic E-state index is -0.222. The summed E-state index contributed by atoms with van der Waals surface area (Å²) in [5.41, 5.74) is 0. The van der Waals surface area contributed by atoms with E-state index in [9.17, 15) is 0 Å². The molecule has 2 rings (SSSR count). The normalized spacial score (nSPS) is 29.8. The topological polar surface area (TPSA) is 30.5 Å². The molecule has 1 aliphatic heterocycles. The second-order valence-electron chi connectivity index (χ2n) is 5.44. The van der Waals surface area contributed by atoms with Crippen molar-refractivity contribution in [2.75, 3.05) is 13.2 Å². The average Bonchev–Trinajstić information content (AvgIpc) is 2.49. The molecule has 0 aromatic carbocycles. The van der Waals surface area contributed by atoms with Gasteiger partial charge in [0.15, 0.2) is 5.79 Å². The van der Waals surface area contributed by atoms with Crippen molar-refractivity contribution in [3.05, 3.63) is 0 Å². The molecule has 3 heteroatoms. The first-order valence-electron chi connectivity index (χ1n) is 6.75. The third-order valence-electron chi connectivity index (χ3n) is 3.53. The van der Waals surface area contributed by atoms with Gasteiger partial charge in [0.2, 0.25) is 0 Å². The standard InChI is InChI=1S/C13H25NO2/c1-11(2)14-9-12-10-15-13(16-12)7-5-3-4-6-8-13/h11-12,14H,3-10H2,1-2H3/t12-/m0/s1. The van der Waals surface area contributed by atoms with Gasteiger partial charge in [-0.1, -0.05) is 26.7 Å². The van der Waals surface area contributed by atoms with E-state index in [0.717, 1.165) is 26.0 Å². The van der Waals surface area contributed by atoms with Crippen LogP contribution < -0.4 is 5.32 Å². The second-order valence-corrected chi connectivity index (χ2v) is 5.44. The highest BCUT2D eigenvalue weighted by Gasteiger charge is 2.41. The summed E-state index contributed by atoms with van der Waals surface area (Å²) in [5, 5.41) is 3.42. The smallest absolute Gasteiger partial charge is 0.168 e. The molecule has 1 atom stereocenters. The first-order valence-corrected chi connectivity index (χ1v) is 6.75. The molecule has 1 saturated heterocycles. The molecule has 1 heterocycles. The summed E-state index contributed by atoms with van der Waals surface area (Å²) in [6.07, 6.45) is 7.61. The summed E-state index contributed by atoms with van der Waals surface area (Å²) in [6, 6.07) is 0.522. The predicted octanol–water partition coefficient (Wildman–Crippen LogP) is 2.45. The van der Waals surface area contributed by atoms with Crippen molar-refractivity contribution in [1.82, 2.24) is 5.32 Å². The maximum absolute atomic E-state index is 6.14. The first kappa shape index (κ1) is 12.3. The van der Waals surface area contributed by atoms with E-state index in [0.29, 0.717) is 6.04 Å².